The summed E-state index contributed by atoms with van der Waals surface area (Å²) in [5.74, 6) is 3.87. The number of anilines is 1. The maximum Gasteiger partial charge on any atom is 0.191 e. The number of fused-ring (bicyclic) bond motifs is 1. The zero-order valence-corrected chi connectivity index (χ0v) is 19.2. The van der Waals surface area contributed by atoms with Crippen molar-refractivity contribution in [2.75, 3.05) is 38.7 Å². The average Bonchev–Trinajstić information content (AvgIpc) is 3.33. The fraction of sp³-hybridized carbons (Fsp3) is 0.591. The average molecular weight is 446 g/mol. The molecule has 3 heterocycles. The maximum absolute atomic E-state index is 6.21. The second kappa shape index (κ2) is 10.2. The summed E-state index contributed by atoms with van der Waals surface area (Å²) in [4.78, 5) is 6.71. The lowest BCUT2D eigenvalue weighted by Crippen LogP contribution is -2.45. The minimum absolute atomic E-state index is 0.305. The van der Waals surface area contributed by atoms with Gasteiger partial charge in [0.05, 0.1) is 12.8 Å². The lowest BCUT2D eigenvalue weighted by molar-refractivity contribution is 0.415. The summed E-state index contributed by atoms with van der Waals surface area (Å²) >= 11 is 6.21. The van der Waals surface area contributed by atoms with Crippen LogP contribution >= 0.6 is 11.6 Å². The van der Waals surface area contributed by atoms with Crippen molar-refractivity contribution >= 4 is 23.2 Å². The first-order chi connectivity index (χ1) is 15.2. The first-order valence-electron chi connectivity index (χ1n) is 11.1. The van der Waals surface area contributed by atoms with Crippen molar-refractivity contribution < 1.29 is 4.74 Å². The van der Waals surface area contributed by atoms with E-state index in [0.717, 1.165) is 79.5 Å². The number of benzene rings is 1. The molecule has 4 rings (SSSR count). The molecule has 1 fully saturated rings. The predicted molar refractivity (Wildman–Crippen MR) is 124 cm³/mol. The van der Waals surface area contributed by atoms with Gasteiger partial charge in [-0.1, -0.05) is 18.0 Å². The van der Waals surface area contributed by atoms with Crippen LogP contribution in [0.3, 0.4) is 0 Å². The van der Waals surface area contributed by atoms with E-state index in [1.807, 2.05) is 25.2 Å². The standard InChI is InChI=1S/C22H32ClN7O/c1-24-22(25-11-9-21-28-27-20-6-4-3-5-12-30(20)21)26-17-10-13-29(15-17)18-14-16(23)7-8-19(18)31-2/h7-8,14,17H,3-6,9-13,15H2,1-2H3,(H2,24,25,26). The largest absolute Gasteiger partial charge is 0.495 e. The van der Waals surface area contributed by atoms with Gasteiger partial charge >= 0.3 is 0 Å². The van der Waals surface area contributed by atoms with E-state index < -0.39 is 0 Å². The summed E-state index contributed by atoms with van der Waals surface area (Å²) in [5, 5.41) is 16.5. The molecule has 1 aromatic carbocycles. The Bertz CT molecular complexity index is 913. The normalized spacial score (nSPS) is 19.1. The van der Waals surface area contributed by atoms with E-state index in [2.05, 4.69) is 35.3 Å². The second-order valence-corrected chi connectivity index (χ2v) is 8.57. The summed E-state index contributed by atoms with van der Waals surface area (Å²) in [6, 6.07) is 6.05. The molecule has 2 aliphatic heterocycles. The highest BCUT2D eigenvalue weighted by Crippen LogP contribution is 2.33. The molecule has 31 heavy (non-hydrogen) atoms. The molecule has 9 heteroatoms. The van der Waals surface area contributed by atoms with Crippen molar-refractivity contribution in [3.63, 3.8) is 0 Å². The van der Waals surface area contributed by atoms with Crippen LogP contribution in [0.2, 0.25) is 5.02 Å². The van der Waals surface area contributed by atoms with Crippen molar-refractivity contribution in [1.29, 1.82) is 0 Å². The first-order valence-corrected chi connectivity index (χ1v) is 11.5. The van der Waals surface area contributed by atoms with Crippen molar-refractivity contribution in [2.45, 2.75) is 51.1 Å². The van der Waals surface area contributed by atoms with Gasteiger partial charge in [-0.15, -0.1) is 10.2 Å². The number of hydrogen-bond donors (Lipinski definition) is 2. The van der Waals surface area contributed by atoms with Gasteiger partial charge in [-0.3, -0.25) is 4.99 Å². The molecule has 168 valence electrons. The Morgan fingerprint density at radius 2 is 2.16 bits per heavy atom. The third-order valence-electron chi connectivity index (χ3n) is 6.06. The van der Waals surface area contributed by atoms with E-state index in [4.69, 9.17) is 16.3 Å². The summed E-state index contributed by atoms with van der Waals surface area (Å²) in [6.07, 6.45) is 6.60. The molecule has 1 aromatic heterocycles. The molecule has 0 spiro atoms. The fourth-order valence-electron chi connectivity index (χ4n) is 4.42. The van der Waals surface area contributed by atoms with Gasteiger partial charge in [0.2, 0.25) is 0 Å². The van der Waals surface area contributed by atoms with Gasteiger partial charge in [0.1, 0.15) is 17.4 Å². The zero-order valence-electron chi connectivity index (χ0n) is 18.4. The van der Waals surface area contributed by atoms with E-state index in [-0.39, 0.29) is 0 Å². The highest BCUT2D eigenvalue weighted by Gasteiger charge is 2.25. The molecule has 0 radical (unpaired) electrons. The summed E-state index contributed by atoms with van der Waals surface area (Å²) < 4.78 is 7.82. The molecule has 2 aliphatic rings. The van der Waals surface area contributed by atoms with Crippen LogP contribution < -0.4 is 20.3 Å². The molecular weight excluding hydrogens is 414 g/mol. The van der Waals surface area contributed by atoms with Gasteiger partial charge in [0.25, 0.3) is 0 Å². The topological polar surface area (TPSA) is 79.6 Å². The monoisotopic (exact) mass is 445 g/mol. The lowest BCUT2D eigenvalue weighted by atomic mass is 10.2. The molecule has 0 aliphatic carbocycles. The SMILES string of the molecule is CN=C(NCCc1nnc2n1CCCCC2)NC1CCN(c2cc(Cl)ccc2OC)C1. The van der Waals surface area contributed by atoms with E-state index in [1.54, 1.807) is 7.11 Å². The molecule has 0 bridgehead atoms. The number of guanidine groups is 1. The molecule has 1 saturated heterocycles. The van der Waals surface area contributed by atoms with Gasteiger partial charge in [-0.25, -0.2) is 0 Å². The molecule has 0 amide bonds. The number of methoxy groups -OCH3 is 1. The molecule has 1 unspecified atom stereocenters. The quantitative estimate of drug-likeness (QED) is 0.525. The van der Waals surface area contributed by atoms with E-state index in [1.165, 1.54) is 19.3 Å². The Morgan fingerprint density at radius 1 is 1.26 bits per heavy atom. The number of aryl methyl sites for hydroxylation is 1. The van der Waals surface area contributed by atoms with Crippen LogP contribution in [0.4, 0.5) is 5.69 Å². The van der Waals surface area contributed by atoms with Crippen molar-refractivity contribution in [2.24, 2.45) is 4.99 Å². The van der Waals surface area contributed by atoms with Gasteiger partial charge < -0.3 is 24.8 Å². The van der Waals surface area contributed by atoms with Gasteiger partial charge in [0.15, 0.2) is 5.96 Å². The number of aromatic nitrogens is 3. The second-order valence-electron chi connectivity index (χ2n) is 8.14. The van der Waals surface area contributed by atoms with Gasteiger partial charge in [0, 0.05) is 57.1 Å². The molecular formula is C22H32ClN7O. The van der Waals surface area contributed by atoms with Crippen molar-refractivity contribution in [3.05, 3.63) is 34.9 Å². The number of ether oxygens (including phenoxy) is 1. The van der Waals surface area contributed by atoms with Gasteiger partial charge in [-0.2, -0.15) is 0 Å². The predicted octanol–water partition coefficient (Wildman–Crippen LogP) is 2.65. The highest BCUT2D eigenvalue weighted by molar-refractivity contribution is 6.30. The summed E-state index contributed by atoms with van der Waals surface area (Å²) in [5.41, 5.74) is 1.04. The zero-order chi connectivity index (χ0) is 21.6. The number of nitrogens with zero attached hydrogens (tertiary/aromatic N) is 5. The van der Waals surface area contributed by atoms with E-state index >= 15 is 0 Å². The number of aliphatic imine (C=N–C) groups is 1. The Morgan fingerprint density at radius 3 is 3.00 bits per heavy atom. The number of halogens is 1. The van der Waals surface area contributed by atoms with Crippen LogP contribution in [-0.4, -0.2) is 60.6 Å². The number of hydrogen-bond acceptors (Lipinski definition) is 5. The summed E-state index contributed by atoms with van der Waals surface area (Å²) in [6.45, 7) is 3.62. The minimum Gasteiger partial charge on any atom is -0.495 e. The van der Waals surface area contributed by atoms with Crippen LogP contribution in [0.1, 0.15) is 37.3 Å². The molecule has 2 aromatic rings. The van der Waals surface area contributed by atoms with Crippen LogP contribution in [-0.2, 0) is 19.4 Å². The Kier molecular flexibility index (Phi) is 7.17. The Balaban J connectivity index is 1.29. The van der Waals surface area contributed by atoms with Crippen LogP contribution in [0.15, 0.2) is 23.2 Å². The molecule has 0 saturated carbocycles. The summed E-state index contributed by atoms with van der Waals surface area (Å²) in [7, 11) is 3.50. The lowest BCUT2D eigenvalue weighted by Gasteiger charge is -2.22. The van der Waals surface area contributed by atoms with Crippen LogP contribution in [0, 0.1) is 0 Å². The van der Waals surface area contributed by atoms with Crippen LogP contribution in [0.5, 0.6) is 5.75 Å². The van der Waals surface area contributed by atoms with Gasteiger partial charge in [-0.05, 0) is 37.5 Å². The maximum atomic E-state index is 6.21. The molecule has 8 nitrogen and oxygen atoms in total. The Hall–Kier alpha value is -2.48. The number of rotatable bonds is 6. The van der Waals surface area contributed by atoms with E-state index in [9.17, 15) is 0 Å². The third kappa shape index (κ3) is 5.23. The first kappa shape index (κ1) is 21.7. The molecule has 2 N–H and O–H groups in total. The smallest absolute Gasteiger partial charge is 0.191 e. The van der Waals surface area contributed by atoms with Crippen molar-refractivity contribution in [1.82, 2.24) is 25.4 Å². The molecule has 1 atom stereocenters. The van der Waals surface area contributed by atoms with Crippen LogP contribution in [0.25, 0.3) is 0 Å². The number of nitrogens with one attached hydrogen (secondary N) is 2. The Labute approximate surface area is 189 Å². The highest BCUT2D eigenvalue weighted by atomic mass is 35.5. The third-order valence-corrected chi connectivity index (χ3v) is 6.30. The minimum atomic E-state index is 0.305. The van der Waals surface area contributed by atoms with Crippen molar-refractivity contribution in [3.8, 4) is 5.75 Å². The fourth-order valence-corrected chi connectivity index (χ4v) is 4.58. The van der Waals surface area contributed by atoms with E-state index in [0.29, 0.717) is 6.04 Å².